The van der Waals surface area contributed by atoms with Crippen LogP contribution in [0.1, 0.15) is 20.8 Å². The van der Waals surface area contributed by atoms with Crippen LogP contribution < -0.4 is 10.6 Å². The van der Waals surface area contributed by atoms with Crippen LogP contribution in [0.4, 0.5) is 0 Å². The van der Waals surface area contributed by atoms with Gasteiger partial charge in [-0.2, -0.15) is 0 Å². The highest BCUT2D eigenvalue weighted by Crippen LogP contribution is 2.13. The van der Waals surface area contributed by atoms with Crippen LogP contribution in [0.25, 0.3) is 0 Å². The zero-order valence-corrected chi connectivity index (χ0v) is 14.9. The average Bonchev–Trinajstić information content (AvgIpc) is 2.55. The van der Waals surface area contributed by atoms with Crippen LogP contribution in [0, 0.1) is 5.92 Å². The van der Waals surface area contributed by atoms with E-state index in [-0.39, 0.29) is 43.5 Å². The third-order valence-electron chi connectivity index (χ3n) is 3.41. The Morgan fingerprint density at radius 1 is 1.29 bits per heavy atom. The molecule has 138 valence electrons. The molecule has 0 aromatic heterocycles. The van der Waals surface area contributed by atoms with Crippen LogP contribution in [-0.2, 0) is 19.1 Å². The molecular weight excluding hydrogens is 314 g/mol. The first-order valence-electron chi connectivity index (χ1n) is 7.93. The van der Waals surface area contributed by atoms with Gasteiger partial charge in [-0.15, -0.1) is 0 Å². The monoisotopic (exact) mass is 343 g/mol. The van der Waals surface area contributed by atoms with Gasteiger partial charge in [-0.1, -0.05) is 19.9 Å². The van der Waals surface area contributed by atoms with Crippen molar-refractivity contribution in [1.29, 1.82) is 0 Å². The highest BCUT2D eigenvalue weighted by Gasteiger charge is 2.21. The molecule has 0 aromatic carbocycles. The van der Waals surface area contributed by atoms with E-state index < -0.39 is 0 Å². The summed E-state index contributed by atoms with van der Waals surface area (Å²) < 4.78 is 5.07. The van der Waals surface area contributed by atoms with Crippen molar-refractivity contribution in [2.24, 2.45) is 5.92 Å². The Morgan fingerprint density at radius 2 is 1.96 bits per heavy atom. The maximum atomic E-state index is 12.1. The molecule has 0 aliphatic carbocycles. The molecule has 0 fully saturated rings. The lowest BCUT2D eigenvalue weighted by Crippen LogP contribution is -2.43. The molecule has 0 saturated carbocycles. The van der Waals surface area contributed by atoms with E-state index in [1.807, 2.05) is 13.8 Å². The Balaban J connectivity index is 4.69. The van der Waals surface area contributed by atoms with E-state index in [2.05, 4.69) is 10.6 Å². The molecule has 0 unspecified atom stereocenters. The number of carbonyl (C=O) groups excluding carboxylic acids is 3. The third kappa shape index (κ3) is 8.64. The van der Waals surface area contributed by atoms with E-state index >= 15 is 0 Å². The number of likely N-dealkylation sites (N-methyl/N-ethyl adjacent to an activating group) is 1. The molecule has 0 radical (unpaired) electrons. The number of aliphatic hydroxyl groups excluding tert-OH is 1. The number of amides is 3. The standard InChI is InChI=1S/C16H29N3O5/c1-12(2)14(19(4)15(22)10-17-11-21)9-13(3)16(23)18-5-7-24-8-6-20/h9,11-12,14,20H,5-8,10H2,1-4H3,(H,17,21)(H,18,23)/t14-/m1/s1. The molecule has 0 aliphatic rings. The van der Waals surface area contributed by atoms with Crippen molar-refractivity contribution in [2.75, 3.05) is 40.0 Å². The fourth-order valence-corrected chi connectivity index (χ4v) is 2.05. The molecule has 0 aliphatic heterocycles. The van der Waals surface area contributed by atoms with Crippen molar-refractivity contribution >= 4 is 18.2 Å². The molecule has 1 atom stereocenters. The van der Waals surface area contributed by atoms with Crippen LogP contribution in [0.2, 0.25) is 0 Å². The Labute approximate surface area is 143 Å². The number of nitrogens with zero attached hydrogens (tertiary/aromatic N) is 1. The van der Waals surface area contributed by atoms with E-state index in [0.717, 1.165) is 0 Å². The predicted octanol–water partition coefficient (Wildman–Crippen LogP) is -0.713. The van der Waals surface area contributed by atoms with Gasteiger partial charge in [0, 0.05) is 19.2 Å². The Morgan fingerprint density at radius 3 is 2.50 bits per heavy atom. The van der Waals surface area contributed by atoms with Crippen molar-refractivity contribution in [2.45, 2.75) is 26.8 Å². The highest BCUT2D eigenvalue weighted by atomic mass is 16.5. The summed E-state index contributed by atoms with van der Waals surface area (Å²) in [5.74, 6) is -0.367. The fourth-order valence-electron chi connectivity index (χ4n) is 2.05. The van der Waals surface area contributed by atoms with E-state index in [1.165, 1.54) is 4.90 Å². The minimum Gasteiger partial charge on any atom is -0.394 e. The van der Waals surface area contributed by atoms with Gasteiger partial charge in [0.05, 0.1) is 32.4 Å². The number of ether oxygens (including phenoxy) is 1. The quantitative estimate of drug-likeness (QED) is 0.246. The number of aliphatic hydroxyl groups is 1. The van der Waals surface area contributed by atoms with Crippen molar-refractivity contribution in [3.05, 3.63) is 11.6 Å². The van der Waals surface area contributed by atoms with Crippen LogP contribution in [0.5, 0.6) is 0 Å². The fraction of sp³-hybridized carbons (Fsp3) is 0.688. The molecule has 3 N–H and O–H groups in total. The normalized spacial score (nSPS) is 12.7. The highest BCUT2D eigenvalue weighted by molar-refractivity contribution is 5.93. The number of carbonyl (C=O) groups is 3. The number of hydrogen-bond donors (Lipinski definition) is 3. The zero-order valence-electron chi connectivity index (χ0n) is 14.9. The summed E-state index contributed by atoms with van der Waals surface area (Å²) in [5.41, 5.74) is 0.499. The summed E-state index contributed by atoms with van der Waals surface area (Å²) in [6.45, 7) is 6.35. The number of nitrogens with one attached hydrogen (secondary N) is 2. The molecule has 0 heterocycles. The van der Waals surface area contributed by atoms with Gasteiger partial charge in [-0.05, 0) is 12.8 Å². The van der Waals surface area contributed by atoms with Gasteiger partial charge in [-0.3, -0.25) is 14.4 Å². The van der Waals surface area contributed by atoms with Crippen molar-refractivity contribution < 1.29 is 24.2 Å². The molecule has 3 amide bonds. The van der Waals surface area contributed by atoms with Crippen LogP contribution >= 0.6 is 0 Å². The van der Waals surface area contributed by atoms with Gasteiger partial charge in [0.15, 0.2) is 0 Å². The van der Waals surface area contributed by atoms with Gasteiger partial charge >= 0.3 is 0 Å². The van der Waals surface area contributed by atoms with Gasteiger partial charge in [0.1, 0.15) is 0 Å². The van der Waals surface area contributed by atoms with Gasteiger partial charge < -0.3 is 25.4 Å². The molecule has 0 spiro atoms. The van der Waals surface area contributed by atoms with Crippen LogP contribution in [0.3, 0.4) is 0 Å². The molecule has 0 aromatic rings. The Kier molecular flexibility index (Phi) is 11.5. The molecule has 8 heteroatoms. The first-order valence-corrected chi connectivity index (χ1v) is 7.93. The second-order valence-electron chi connectivity index (χ2n) is 5.68. The molecule has 24 heavy (non-hydrogen) atoms. The number of rotatable bonds is 12. The number of hydrogen-bond acceptors (Lipinski definition) is 5. The van der Waals surface area contributed by atoms with E-state index in [0.29, 0.717) is 25.1 Å². The predicted molar refractivity (Wildman–Crippen MR) is 90.1 cm³/mol. The third-order valence-corrected chi connectivity index (χ3v) is 3.41. The summed E-state index contributed by atoms with van der Waals surface area (Å²) in [7, 11) is 1.64. The molecular formula is C16H29N3O5. The van der Waals surface area contributed by atoms with Gasteiger partial charge in [-0.25, -0.2) is 0 Å². The molecule has 0 saturated heterocycles. The second-order valence-corrected chi connectivity index (χ2v) is 5.68. The summed E-state index contributed by atoms with van der Waals surface area (Å²) in [6, 6.07) is -0.262. The van der Waals surface area contributed by atoms with E-state index in [4.69, 9.17) is 9.84 Å². The van der Waals surface area contributed by atoms with E-state index in [1.54, 1.807) is 20.0 Å². The lowest BCUT2D eigenvalue weighted by atomic mass is 10.00. The first kappa shape index (κ1) is 22.1. The molecule has 8 nitrogen and oxygen atoms in total. The Bertz CT molecular complexity index is 437. The average molecular weight is 343 g/mol. The topological polar surface area (TPSA) is 108 Å². The first-order chi connectivity index (χ1) is 11.3. The van der Waals surface area contributed by atoms with Gasteiger partial charge in [0.25, 0.3) is 0 Å². The largest absolute Gasteiger partial charge is 0.394 e. The summed E-state index contributed by atoms with van der Waals surface area (Å²) in [5, 5.41) is 13.6. The minimum atomic E-state index is -0.262. The molecule has 0 bridgehead atoms. The van der Waals surface area contributed by atoms with Crippen LogP contribution in [-0.4, -0.2) is 74.2 Å². The van der Waals surface area contributed by atoms with Crippen molar-refractivity contribution in [1.82, 2.24) is 15.5 Å². The molecule has 0 rings (SSSR count). The Hall–Kier alpha value is -1.93. The van der Waals surface area contributed by atoms with Crippen LogP contribution in [0.15, 0.2) is 11.6 Å². The summed E-state index contributed by atoms with van der Waals surface area (Å²) >= 11 is 0. The summed E-state index contributed by atoms with van der Waals surface area (Å²) in [4.78, 5) is 35.9. The maximum Gasteiger partial charge on any atom is 0.246 e. The van der Waals surface area contributed by atoms with Crippen molar-refractivity contribution in [3.8, 4) is 0 Å². The smallest absolute Gasteiger partial charge is 0.246 e. The van der Waals surface area contributed by atoms with Crippen molar-refractivity contribution in [3.63, 3.8) is 0 Å². The lowest BCUT2D eigenvalue weighted by Gasteiger charge is -2.29. The minimum absolute atomic E-state index is 0.0533. The SMILES string of the molecule is CC(=C[C@H](C(C)C)N(C)C(=O)CNC=O)C(=O)NCCOCCO. The van der Waals surface area contributed by atoms with Gasteiger partial charge in [0.2, 0.25) is 18.2 Å². The zero-order chi connectivity index (χ0) is 18.5. The maximum absolute atomic E-state index is 12.1. The summed E-state index contributed by atoms with van der Waals surface area (Å²) in [6.07, 6.45) is 2.22. The lowest BCUT2D eigenvalue weighted by molar-refractivity contribution is -0.132. The second kappa shape index (κ2) is 12.5. The van der Waals surface area contributed by atoms with E-state index in [9.17, 15) is 14.4 Å².